The van der Waals surface area contributed by atoms with Crippen molar-refractivity contribution in [1.82, 2.24) is 0 Å². The van der Waals surface area contributed by atoms with Gasteiger partial charge in [0.05, 0.1) is 42.9 Å². The van der Waals surface area contributed by atoms with Gasteiger partial charge in [-0.2, -0.15) is 27.0 Å². The molecule has 6 nitrogen and oxygen atoms in total. The minimum atomic E-state index is -0.688. The number of rotatable bonds is 3. The minimum Gasteiger partial charge on any atom is -0.481 e. The number of carbonyl (C=O) groups excluding carboxylic acids is 1. The van der Waals surface area contributed by atoms with E-state index in [1.54, 1.807) is 0 Å². The fourth-order valence-corrected chi connectivity index (χ4v) is 4.03. The summed E-state index contributed by atoms with van der Waals surface area (Å²) in [5.41, 5.74) is 0. The second-order valence-corrected chi connectivity index (χ2v) is 6.52. The molecule has 0 aromatic heterocycles. The molecule has 4 aliphatic rings. The number of esters is 1. The summed E-state index contributed by atoms with van der Waals surface area (Å²) in [7, 11) is 0. The van der Waals surface area contributed by atoms with E-state index >= 15 is 0 Å². The van der Waals surface area contributed by atoms with E-state index in [-0.39, 0.29) is 63.1 Å². The van der Waals surface area contributed by atoms with E-state index in [1.807, 2.05) is 6.92 Å². The first-order chi connectivity index (χ1) is 10.6. The van der Waals surface area contributed by atoms with Crippen molar-refractivity contribution < 1.29 is 28.9 Å². The molecule has 0 amide bonds. The zero-order chi connectivity index (χ0) is 15.7. The molecule has 6 atom stereocenters. The van der Waals surface area contributed by atoms with Crippen LogP contribution in [0.25, 0.3) is 0 Å². The number of hydrogen-bond acceptors (Lipinski definition) is 5. The van der Waals surface area contributed by atoms with Crippen molar-refractivity contribution in [3.8, 4) is 0 Å². The summed E-state index contributed by atoms with van der Waals surface area (Å²) in [6.45, 7) is 2.32. The normalized spacial score (nSPS) is 37.7. The Bertz CT molecular complexity index is 446. The van der Waals surface area contributed by atoms with Crippen molar-refractivity contribution >= 4 is 38.9 Å². The largest absolute Gasteiger partial charge is 0.481 e. The predicted octanol–water partition coefficient (Wildman–Crippen LogP) is 1.98. The van der Waals surface area contributed by atoms with Crippen molar-refractivity contribution in [1.29, 1.82) is 0 Å². The van der Waals surface area contributed by atoms with E-state index in [2.05, 4.69) is 0 Å². The lowest BCUT2D eigenvalue weighted by Crippen LogP contribution is -2.27. The van der Waals surface area contributed by atoms with Gasteiger partial charge in [0.15, 0.2) is 0 Å². The number of carbonyl (C=O) groups is 2. The lowest BCUT2D eigenvalue weighted by atomic mass is 9.89. The Morgan fingerprint density at radius 2 is 1.46 bits per heavy atom. The molecule has 0 unspecified atom stereocenters. The van der Waals surface area contributed by atoms with Gasteiger partial charge in [0, 0.05) is 0 Å². The summed E-state index contributed by atoms with van der Waals surface area (Å²) in [5, 5.41) is 8.66. The molecule has 4 bridgehead atoms. The van der Waals surface area contributed by atoms with Crippen molar-refractivity contribution in [2.75, 3.05) is 6.61 Å². The van der Waals surface area contributed by atoms with Gasteiger partial charge in [-0.1, -0.05) is 0 Å². The highest BCUT2D eigenvalue weighted by molar-refractivity contribution is 7.59. The summed E-state index contributed by atoms with van der Waals surface area (Å²) in [6, 6.07) is 0. The maximum absolute atomic E-state index is 11.3. The second-order valence-electron chi connectivity index (χ2n) is 6.52. The lowest BCUT2D eigenvalue weighted by Gasteiger charge is -2.16. The maximum atomic E-state index is 11.3. The molecule has 0 saturated carbocycles. The summed E-state index contributed by atoms with van der Waals surface area (Å²) < 4.78 is 15.9. The van der Waals surface area contributed by atoms with E-state index < -0.39 is 5.97 Å². The maximum Gasteiger partial charge on any atom is 0.311 e. The van der Waals surface area contributed by atoms with Crippen LogP contribution in [0.1, 0.15) is 45.4 Å². The first-order valence-corrected chi connectivity index (χ1v) is 8.28. The summed E-state index contributed by atoms with van der Waals surface area (Å²) >= 11 is 0. The van der Waals surface area contributed by atoms with Crippen LogP contribution in [0.3, 0.4) is 0 Å². The number of carboxylic acid groups (broad SMARTS) is 1. The molecule has 0 aliphatic carbocycles. The third kappa shape index (κ3) is 4.59. The Hall–Kier alpha value is -0.440. The Balaban J connectivity index is 0.000000224. The minimum absolute atomic E-state index is 0. The van der Waals surface area contributed by atoms with Gasteiger partial charge in [0.25, 0.3) is 0 Å². The third-order valence-corrected chi connectivity index (χ3v) is 5.12. The van der Waals surface area contributed by atoms with Crippen molar-refractivity contribution in [2.24, 2.45) is 11.8 Å². The van der Waals surface area contributed by atoms with Crippen LogP contribution in [0.2, 0.25) is 0 Å². The van der Waals surface area contributed by atoms with Gasteiger partial charge in [-0.15, -0.1) is 0 Å². The number of aliphatic carboxylic acids is 1. The highest BCUT2D eigenvalue weighted by Crippen LogP contribution is 2.39. The van der Waals surface area contributed by atoms with Gasteiger partial charge in [0.2, 0.25) is 0 Å². The van der Waals surface area contributed by atoms with Crippen LogP contribution >= 0.6 is 27.0 Å². The van der Waals surface area contributed by atoms with Crippen LogP contribution in [-0.2, 0) is 23.8 Å². The topological polar surface area (TPSA) is 82.1 Å². The first kappa shape index (κ1) is 21.6. The average molecular weight is 381 g/mol. The van der Waals surface area contributed by atoms with Gasteiger partial charge >= 0.3 is 11.9 Å². The van der Waals surface area contributed by atoms with Crippen LogP contribution in [0.4, 0.5) is 0 Å². The highest BCUT2D eigenvalue weighted by atomic mass is 32.1. The van der Waals surface area contributed by atoms with Gasteiger partial charge < -0.3 is 19.3 Å². The van der Waals surface area contributed by atoms with Crippen LogP contribution < -0.4 is 0 Å². The fourth-order valence-electron chi connectivity index (χ4n) is 4.03. The van der Waals surface area contributed by atoms with E-state index in [4.69, 9.17) is 19.3 Å². The van der Waals surface area contributed by atoms with Crippen LogP contribution in [0.15, 0.2) is 0 Å². The molecule has 4 rings (SSSR count). The Morgan fingerprint density at radius 1 is 0.958 bits per heavy atom. The molecule has 0 radical (unpaired) electrons. The molecule has 0 aromatic carbocycles. The van der Waals surface area contributed by atoms with Gasteiger partial charge in [-0.3, -0.25) is 9.59 Å². The summed E-state index contributed by atoms with van der Waals surface area (Å²) in [4.78, 5) is 21.8. The molecule has 0 aromatic rings. The molecular formula is C16H28O6S2. The highest BCUT2D eigenvalue weighted by Gasteiger charge is 2.45. The molecule has 140 valence electrons. The zero-order valence-electron chi connectivity index (χ0n) is 13.9. The van der Waals surface area contributed by atoms with Crippen molar-refractivity contribution in [3.63, 3.8) is 0 Å². The van der Waals surface area contributed by atoms with E-state index in [0.717, 1.165) is 38.5 Å². The monoisotopic (exact) mass is 380 g/mol. The van der Waals surface area contributed by atoms with Crippen LogP contribution in [0, 0.1) is 11.8 Å². The first-order valence-electron chi connectivity index (χ1n) is 8.28. The number of ether oxygens (including phenoxy) is 3. The number of carboxylic acids is 1. The molecule has 4 fully saturated rings. The number of fused-ring (bicyclic) bond motifs is 4. The Morgan fingerprint density at radius 3 is 1.75 bits per heavy atom. The molecule has 4 saturated heterocycles. The summed E-state index contributed by atoms with van der Waals surface area (Å²) in [5.74, 6) is -0.931. The Labute approximate surface area is 156 Å². The molecule has 0 spiro atoms. The van der Waals surface area contributed by atoms with Crippen molar-refractivity contribution in [3.05, 3.63) is 0 Å². The van der Waals surface area contributed by atoms with Crippen molar-refractivity contribution in [2.45, 2.75) is 69.9 Å². The molecule has 4 heterocycles. The second kappa shape index (κ2) is 9.31. The molecule has 24 heavy (non-hydrogen) atoms. The SMILES string of the molecule is CCOC(=O)[C@H]1C[C@@H]2CC[C@H]1O2.O=C(O)[C@H]1C[C@@H]2CC[C@H]1O2.S.S. The molecule has 8 heteroatoms. The van der Waals surface area contributed by atoms with Crippen LogP contribution in [-0.4, -0.2) is 48.1 Å². The molecule has 4 aliphatic heterocycles. The van der Waals surface area contributed by atoms with Gasteiger partial charge in [-0.25, -0.2) is 0 Å². The Kier molecular flexibility index (Phi) is 8.38. The molecule has 1 N–H and O–H groups in total. The average Bonchev–Trinajstić information content (AvgIpc) is 3.27. The van der Waals surface area contributed by atoms with E-state index in [9.17, 15) is 9.59 Å². The standard InChI is InChI=1S/C9H14O3.C7H10O3.2H2S/c1-2-11-9(10)7-5-6-3-4-8(7)12-6;8-7(9)5-3-4-1-2-6(5)10-4;;/h6-8H,2-5H2,1H3;4-6H,1-3H2,(H,8,9);2*1H2/t6-,7-,8+;4-,5-,6+;;/m00../s1. The van der Waals surface area contributed by atoms with Gasteiger partial charge in [-0.05, 0) is 45.4 Å². The van der Waals surface area contributed by atoms with Gasteiger partial charge in [0.1, 0.15) is 0 Å². The fraction of sp³-hybridized carbons (Fsp3) is 0.875. The third-order valence-electron chi connectivity index (χ3n) is 5.12. The quantitative estimate of drug-likeness (QED) is 0.754. The smallest absolute Gasteiger partial charge is 0.311 e. The predicted molar refractivity (Wildman–Crippen MR) is 97.0 cm³/mol. The van der Waals surface area contributed by atoms with E-state index in [0.29, 0.717) is 12.7 Å². The van der Waals surface area contributed by atoms with E-state index in [1.165, 1.54) is 0 Å². The molecular weight excluding hydrogens is 352 g/mol. The lowest BCUT2D eigenvalue weighted by molar-refractivity contribution is -0.149. The van der Waals surface area contributed by atoms with Crippen LogP contribution in [0.5, 0.6) is 0 Å². The zero-order valence-corrected chi connectivity index (χ0v) is 15.9. The summed E-state index contributed by atoms with van der Waals surface area (Å²) in [6.07, 6.45) is 6.57. The number of hydrogen-bond donors (Lipinski definition) is 1.